The van der Waals surface area contributed by atoms with Crippen LogP contribution in [-0.4, -0.2) is 55.1 Å². The van der Waals surface area contributed by atoms with Crippen LogP contribution in [0.5, 0.6) is 0 Å². The third-order valence-electron chi connectivity index (χ3n) is 3.85. The summed E-state index contributed by atoms with van der Waals surface area (Å²) in [4.78, 5) is 5.20. The minimum absolute atomic E-state index is 0.809. The van der Waals surface area contributed by atoms with Crippen molar-refractivity contribution in [1.82, 2.24) is 9.80 Å². The van der Waals surface area contributed by atoms with E-state index in [1.807, 2.05) is 0 Å². The van der Waals surface area contributed by atoms with Crippen molar-refractivity contribution in [1.29, 1.82) is 0 Å². The summed E-state index contributed by atoms with van der Waals surface area (Å²) in [6, 6.07) is 1.67. The van der Waals surface area contributed by atoms with E-state index in [-0.39, 0.29) is 0 Å². The van der Waals surface area contributed by atoms with Gasteiger partial charge in [0.25, 0.3) is 0 Å². The van der Waals surface area contributed by atoms with Crippen LogP contribution < -0.4 is 5.73 Å². The zero-order valence-electron chi connectivity index (χ0n) is 9.28. The number of nitrogens with two attached hydrogens (primary N) is 1. The van der Waals surface area contributed by atoms with Gasteiger partial charge in [-0.15, -0.1) is 0 Å². The zero-order valence-corrected chi connectivity index (χ0v) is 9.28. The molecule has 82 valence electrons. The molecule has 2 rings (SSSR count). The highest BCUT2D eigenvalue weighted by Crippen LogP contribution is 2.30. The third kappa shape index (κ3) is 1.95. The molecule has 2 N–H and O–H groups in total. The van der Waals surface area contributed by atoms with Crippen LogP contribution in [0.4, 0.5) is 0 Å². The highest BCUT2D eigenvalue weighted by atomic mass is 15.3. The van der Waals surface area contributed by atoms with Crippen LogP contribution in [0, 0.1) is 0 Å². The fraction of sp³-hybridized carbons (Fsp3) is 1.00. The normalized spacial score (nSPS) is 32.8. The average Bonchev–Trinajstić information content (AvgIpc) is 2.74. The maximum Gasteiger partial charge on any atom is 0.0260 e. The molecule has 0 saturated carbocycles. The first-order chi connectivity index (χ1) is 6.83. The number of hydrogen-bond acceptors (Lipinski definition) is 3. The molecule has 2 aliphatic rings. The Balaban J connectivity index is 1.85. The summed E-state index contributed by atoms with van der Waals surface area (Å²) in [6.07, 6.45) is 5.33. The summed E-state index contributed by atoms with van der Waals surface area (Å²) < 4.78 is 0. The summed E-state index contributed by atoms with van der Waals surface area (Å²) in [5.74, 6) is 0. The lowest BCUT2D eigenvalue weighted by molar-refractivity contribution is 0.191. The lowest BCUT2D eigenvalue weighted by Gasteiger charge is -2.29. The molecule has 2 atom stereocenters. The summed E-state index contributed by atoms with van der Waals surface area (Å²) in [7, 11) is 2.27. The van der Waals surface area contributed by atoms with Crippen molar-refractivity contribution in [2.45, 2.75) is 37.8 Å². The molecule has 0 aromatic carbocycles. The Labute approximate surface area is 87.2 Å². The van der Waals surface area contributed by atoms with Gasteiger partial charge in [-0.1, -0.05) is 0 Å². The van der Waals surface area contributed by atoms with Gasteiger partial charge in [0.1, 0.15) is 0 Å². The molecular weight excluding hydrogens is 174 g/mol. The van der Waals surface area contributed by atoms with Crippen molar-refractivity contribution in [3.05, 3.63) is 0 Å². The lowest BCUT2D eigenvalue weighted by atomic mass is 10.1. The first-order valence-electron chi connectivity index (χ1n) is 5.97. The van der Waals surface area contributed by atoms with Crippen molar-refractivity contribution in [3.8, 4) is 0 Å². The van der Waals surface area contributed by atoms with E-state index in [0.717, 1.165) is 25.0 Å². The smallest absolute Gasteiger partial charge is 0.0260 e. The maximum absolute atomic E-state index is 5.55. The van der Waals surface area contributed by atoms with E-state index in [9.17, 15) is 0 Å². The lowest BCUT2D eigenvalue weighted by Crippen LogP contribution is -2.41. The fourth-order valence-electron chi connectivity index (χ4n) is 3.08. The van der Waals surface area contributed by atoms with Gasteiger partial charge in [0, 0.05) is 18.6 Å². The monoisotopic (exact) mass is 197 g/mol. The third-order valence-corrected chi connectivity index (χ3v) is 3.85. The highest BCUT2D eigenvalue weighted by Gasteiger charge is 2.38. The number of likely N-dealkylation sites (N-methyl/N-ethyl adjacent to an activating group) is 1. The quantitative estimate of drug-likeness (QED) is 0.712. The molecule has 3 heteroatoms. The largest absolute Gasteiger partial charge is 0.330 e. The van der Waals surface area contributed by atoms with Gasteiger partial charge in [0.2, 0.25) is 0 Å². The second-order valence-electron chi connectivity index (χ2n) is 4.72. The van der Waals surface area contributed by atoms with E-state index in [0.29, 0.717) is 0 Å². The van der Waals surface area contributed by atoms with Crippen molar-refractivity contribution in [2.24, 2.45) is 5.73 Å². The predicted molar refractivity (Wildman–Crippen MR) is 59.3 cm³/mol. The van der Waals surface area contributed by atoms with Gasteiger partial charge in [0.05, 0.1) is 0 Å². The van der Waals surface area contributed by atoms with E-state index in [1.165, 1.54) is 38.9 Å². The van der Waals surface area contributed by atoms with E-state index >= 15 is 0 Å². The van der Waals surface area contributed by atoms with Crippen molar-refractivity contribution < 1.29 is 0 Å². The number of hydrogen-bond donors (Lipinski definition) is 1. The Bertz CT molecular complexity index is 183. The second kappa shape index (κ2) is 4.60. The SMILES string of the molecule is CN(CCCN)C1CCN2CCCC12. The molecule has 0 aromatic rings. The molecule has 0 amide bonds. The molecular formula is C11H23N3. The Morgan fingerprint density at radius 3 is 3.00 bits per heavy atom. The summed E-state index contributed by atoms with van der Waals surface area (Å²) >= 11 is 0. The summed E-state index contributed by atoms with van der Waals surface area (Å²) in [6.45, 7) is 4.66. The topological polar surface area (TPSA) is 32.5 Å². The molecule has 3 nitrogen and oxygen atoms in total. The average molecular weight is 197 g/mol. The van der Waals surface area contributed by atoms with Gasteiger partial charge in [-0.25, -0.2) is 0 Å². The van der Waals surface area contributed by atoms with Gasteiger partial charge in [-0.2, -0.15) is 0 Å². The van der Waals surface area contributed by atoms with Gasteiger partial charge in [-0.05, 0) is 52.4 Å². The molecule has 0 bridgehead atoms. The van der Waals surface area contributed by atoms with Crippen LogP contribution in [0.3, 0.4) is 0 Å². The molecule has 0 spiro atoms. The van der Waals surface area contributed by atoms with Crippen LogP contribution in [0.15, 0.2) is 0 Å². The van der Waals surface area contributed by atoms with Crippen molar-refractivity contribution >= 4 is 0 Å². The van der Waals surface area contributed by atoms with Crippen LogP contribution in [0.1, 0.15) is 25.7 Å². The van der Waals surface area contributed by atoms with E-state index in [1.54, 1.807) is 0 Å². The fourth-order valence-corrected chi connectivity index (χ4v) is 3.08. The van der Waals surface area contributed by atoms with Gasteiger partial charge in [-0.3, -0.25) is 4.90 Å². The predicted octanol–water partition coefficient (Wildman–Crippen LogP) is 0.504. The van der Waals surface area contributed by atoms with Gasteiger partial charge < -0.3 is 10.6 Å². The first-order valence-corrected chi connectivity index (χ1v) is 5.97. The molecule has 14 heavy (non-hydrogen) atoms. The minimum Gasteiger partial charge on any atom is -0.330 e. The van der Waals surface area contributed by atoms with Gasteiger partial charge in [0.15, 0.2) is 0 Å². The number of rotatable bonds is 4. The molecule has 0 aromatic heterocycles. The summed E-state index contributed by atoms with van der Waals surface area (Å²) in [5.41, 5.74) is 5.55. The number of fused-ring (bicyclic) bond motifs is 1. The molecule has 2 aliphatic heterocycles. The van der Waals surface area contributed by atoms with E-state index in [2.05, 4.69) is 16.8 Å². The molecule has 2 heterocycles. The Hall–Kier alpha value is -0.120. The van der Waals surface area contributed by atoms with E-state index < -0.39 is 0 Å². The van der Waals surface area contributed by atoms with Crippen LogP contribution in [0.2, 0.25) is 0 Å². The second-order valence-corrected chi connectivity index (χ2v) is 4.72. The molecule has 0 aliphatic carbocycles. The first kappa shape index (κ1) is 10.4. The van der Waals surface area contributed by atoms with Gasteiger partial charge >= 0.3 is 0 Å². The zero-order chi connectivity index (χ0) is 9.97. The van der Waals surface area contributed by atoms with Crippen molar-refractivity contribution in [2.75, 3.05) is 33.2 Å². The Morgan fingerprint density at radius 2 is 2.21 bits per heavy atom. The van der Waals surface area contributed by atoms with Crippen LogP contribution in [-0.2, 0) is 0 Å². The van der Waals surface area contributed by atoms with E-state index in [4.69, 9.17) is 5.73 Å². The maximum atomic E-state index is 5.55. The standard InChI is InChI=1S/C11H23N3/c1-13(7-3-6-12)10-5-9-14-8-2-4-11(10)14/h10-11H,2-9,12H2,1H3. The molecule has 0 radical (unpaired) electrons. The molecule has 2 saturated heterocycles. The highest BCUT2D eigenvalue weighted by molar-refractivity contribution is 4.95. The van der Waals surface area contributed by atoms with Crippen LogP contribution in [0.25, 0.3) is 0 Å². The Morgan fingerprint density at radius 1 is 1.36 bits per heavy atom. The molecule has 2 fully saturated rings. The van der Waals surface area contributed by atoms with Crippen molar-refractivity contribution in [3.63, 3.8) is 0 Å². The van der Waals surface area contributed by atoms with Crippen LogP contribution >= 0.6 is 0 Å². The summed E-state index contributed by atoms with van der Waals surface area (Å²) in [5, 5.41) is 0. The molecule has 2 unspecified atom stereocenters. The minimum atomic E-state index is 0.809. The number of nitrogens with zero attached hydrogens (tertiary/aromatic N) is 2. The Kier molecular flexibility index (Phi) is 3.42.